The van der Waals surface area contributed by atoms with E-state index in [9.17, 15) is 4.79 Å². The molecule has 5 nitrogen and oxygen atoms in total. The molecule has 0 fully saturated rings. The number of aromatic nitrogens is 1. The molecule has 1 heterocycles. The van der Waals surface area contributed by atoms with E-state index in [-0.39, 0.29) is 12.5 Å². The highest BCUT2D eigenvalue weighted by Gasteiger charge is 2.08. The van der Waals surface area contributed by atoms with E-state index >= 15 is 0 Å². The van der Waals surface area contributed by atoms with E-state index in [1.54, 1.807) is 24.4 Å². The number of amides is 1. The summed E-state index contributed by atoms with van der Waals surface area (Å²) in [5.41, 5.74) is 6.67. The van der Waals surface area contributed by atoms with E-state index in [1.807, 2.05) is 49.5 Å². The molecule has 6 heteroatoms. The zero-order chi connectivity index (χ0) is 21.6. The number of halogens is 1. The van der Waals surface area contributed by atoms with Gasteiger partial charge in [0.05, 0.1) is 6.21 Å². The Morgan fingerprint density at radius 3 is 2.68 bits per heavy atom. The topological polar surface area (TPSA) is 55.6 Å². The summed E-state index contributed by atoms with van der Waals surface area (Å²) in [5.74, 6) is 0.252. The molecule has 3 aromatic carbocycles. The van der Waals surface area contributed by atoms with E-state index < -0.39 is 0 Å². The number of fused-ring (bicyclic) bond motifs is 1. The molecule has 0 spiro atoms. The SMILES string of the molecule is Cc1cc(OCC(=O)NN=Cc2cn(Cc3ccccc3)c3ccccc23)ccc1Cl. The number of carbonyl (C=O) groups is 1. The Bertz CT molecular complexity index is 1230. The molecule has 0 saturated carbocycles. The van der Waals surface area contributed by atoms with Crippen molar-refractivity contribution in [2.24, 2.45) is 5.10 Å². The van der Waals surface area contributed by atoms with Gasteiger partial charge in [0.25, 0.3) is 5.91 Å². The molecule has 4 aromatic rings. The lowest BCUT2D eigenvalue weighted by atomic mass is 10.2. The number of nitrogens with zero attached hydrogens (tertiary/aromatic N) is 2. The summed E-state index contributed by atoms with van der Waals surface area (Å²) in [4.78, 5) is 12.1. The molecule has 1 N–H and O–H groups in total. The molecule has 0 unspecified atom stereocenters. The van der Waals surface area contributed by atoms with Crippen LogP contribution in [0.25, 0.3) is 10.9 Å². The maximum Gasteiger partial charge on any atom is 0.277 e. The maximum atomic E-state index is 12.1. The average molecular weight is 432 g/mol. The lowest BCUT2D eigenvalue weighted by Crippen LogP contribution is -2.24. The van der Waals surface area contributed by atoms with Crippen molar-refractivity contribution in [1.82, 2.24) is 9.99 Å². The highest BCUT2D eigenvalue weighted by atomic mass is 35.5. The van der Waals surface area contributed by atoms with Gasteiger partial charge in [-0.2, -0.15) is 5.10 Å². The number of nitrogens with one attached hydrogen (secondary N) is 1. The van der Waals surface area contributed by atoms with Crippen LogP contribution in [-0.2, 0) is 11.3 Å². The highest BCUT2D eigenvalue weighted by molar-refractivity contribution is 6.31. The first-order valence-corrected chi connectivity index (χ1v) is 10.3. The molecule has 0 aliphatic carbocycles. The van der Waals surface area contributed by atoms with E-state index in [0.29, 0.717) is 10.8 Å². The van der Waals surface area contributed by atoms with Gasteiger partial charge in [-0.1, -0.05) is 60.1 Å². The van der Waals surface area contributed by atoms with Crippen LogP contribution < -0.4 is 10.2 Å². The number of rotatable bonds is 7. The normalized spacial score (nSPS) is 11.2. The van der Waals surface area contributed by atoms with Crippen molar-refractivity contribution in [2.75, 3.05) is 6.61 Å². The van der Waals surface area contributed by atoms with Crippen molar-refractivity contribution < 1.29 is 9.53 Å². The van der Waals surface area contributed by atoms with Gasteiger partial charge in [-0.3, -0.25) is 4.79 Å². The van der Waals surface area contributed by atoms with Crippen LogP contribution in [0.1, 0.15) is 16.7 Å². The minimum absolute atomic E-state index is 0.131. The van der Waals surface area contributed by atoms with Gasteiger partial charge in [-0.05, 0) is 42.3 Å². The van der Waals surface area contributed by atoms with Gasteiger partial charge in [-0.15, -0.1) is 0 Å². The standard InChI is InChI=1S/C25H22ClN3O2/c1-18-13-21(11-12-23(18)26)31-17-25(30)28-27-14-20-16-29(15-19-7-3-2-4-8-19)24-10-6-5-9-22(20)24/h2-14,16H,15,17H2,1H3,(H,28,30). The molecule has 0 atom stereocenters. The lowest BCUT2D eigenvalue weighted by Gasteiger charge is -2.06. The Kier molecular flexibility index (Phi) is 6.34. The Balaban J connectivity index is 1.42. The zero-order valence-corrected chi connectivity index (χ0v) is 17.8. The predicted molar refractivity (Wildman–Crippen MR) is 125 cm³/mol. The van der Waals surface area contributed by atoms with Gasteiger partial charge in [0.15, 0.2) is 6.61 Å². The summed E-state index contributed by atoms with van der Waals surface area (Å²) >= 11 is 6.00. The van der Waals surface area contributed by atoms with Gasteiger partial charge >= 0.3 is 0 Å². The number of para-hydroxylation sites is 1. The second kappa shape index (κ2) is 9.49. The van der Waals surface area contributed by atoms with Crippen LogP contribution in [0.5, 0.6) is 5.75 Å². The first-order chi connectivity index (χ1) is 15.1. The quantitative estimate of drug-likeness (QED) is 0.324. The van der Waals surface area contributed by atoms with Crippen molar-refractivity contribution in [3.63, 3.8) is 0 Å². The third-order valence-electron chi connectivity index (χ3n) is 4.91. The first-order valence-electron chi connectivity index (χ1n) is 9.93. The Morgan fingerprint density at radius 2 is 1.87 bits per heavy atom. The maximum absolute atomic E-state index is 12.1. The smallest absolute Gasteiger partial charge is 0.277 e. The molecule has 0 radical (unpaired) electrons. The molecular formula is C25H22ClN3O2. The second-order valence-corrected chi connectivity index (χ2v) is 7.62. The number of aryl methyl sites for hydroxylation is 1. The first kappa shape index (κ1) is 20.7. The molecule has 4 rings (SSSR count). The third kappa shape index (κ3) is 5.13. The number of benzene rings is 3. The number of hydrazone groups is 1. The van der Waals surface area contributed by atoms with Crippen LogP contribution in [0.2, 0.25) is 5.02 Å². The molecule has 0 saturated heterocycles. The van der Waals surface area contributed by atoms with Crippen LogP contribution in [-0.4, -0.2) is 23.3 Å². The lowest BCUT2D eigenvalue weighted by molar-refractivity contribution is -0.123. The minimum Gasteiger partial charge on any atom is -0.484 e. The fraction of sp³-hybridized carbons (Fsp3) is 0.120. The predicted octanol–water partition coefficient (Wildman–Crippen LogP) is 5.18. The molecule has 31 heavy (non-hydrogen) atoms. The fourth-order valence-corrected chi connectivity index (χ4v) is 3.47. The van der Waals surface area contributed by atoms with E-state index in [0.717, 1.165) is 28.6 Å². The second-order valence-electron chi connectivity index (χ2n) is 7.21. The summed E-state index contributed by atoms with van der Waals surface area (Å²) in [6.45, 7) is 2.51. The Morgan fingerprint density at radius 1 is 1.10 bits per heavy atom. The van der Waals surface area contributed by atoms with Crippen LogP contribution in [0.15, 0.2) is 84.1 Å². The number of hydrogen-bond donors (Lipinski definition) is 1. The molecule has 1 aromatic heterocycles. The summed E-state index contributed by atoms with van der Waals surface area (Å²) in [6.07, 6.45) is 3.70. The van der Waals surface area contributed by atoms with E-state index in [1.165, 1.54) is 5.56 Å². The number of hydrogen-bond acceptors (Lipinski definition) is 3. The van der Waals surface area contributed by atoms with Gasteiger partial charge < -0.3 is 9.30 Å². The summed E-state index contributed by atoms with van der Waals surface area (Å²) in [7, 11) is 0. The minimum atomic E-state index is -0.336. The third-order valence-corrected chi connectivity index (χ3v) is 5.33. The van der Waals surface area contributed by atoms with E-state index in [4.69, 9.17) is 16.3 Å². The molecule has 0 aliphatic rings. The van der Waals surface area contributed by atoms with Crippen molar-refractivity contribution in [2.45, 2.75) is 13.5 Å². The van der Waals surface area contributed by atoms with Gasteiger partial charge in [0.2, 0.25) is 0 Å². The van der Waals surface area contributed by atoms with Crippen LogP contribution in [0, 0.1) is 6.92 Å². The molecular weight excluding hydrogens is 410 g/mol. The molecule has 0 aliphatic heterocycles. The summed E-state index contributed by atoms with van der Waals surface area (Å²) in [5, 5.41) is 5.85. The fourth-order valence-electron chi connectivity index (χ4n) is 3.35. The van der Waals surface area contributed by atoms with Gasteiger partial charge in [-0.25, -0.2) is 5.43 Å². The summed E-state index contributed by atoms with van der Waals surface area (Å²) in [6, 6.07) is 23.7. The van der Waals surface area contributed by atoms with Crippen LogP contribution >= 0.6 is 11.6 Å². The van der Waals surface area contributed by atoms with Gasteiger partial charge in [0.1, 0.15) is 5.75 Å². The Hall–Kier alpha value is -3.57. The van der Waals surface area contributed by atoms with Crippen molar-refractivity contribution >= 4 is 34.6 Å². The molecule has 156 valence electrons. The monoisotopic (exact) mass is 431 g/mol. The van der Waals surface area contributed by atoms with Crippen molar-refractivity contribution in [3.05, 3.63) is 101 Å². The zero-order valence-electron chi connectivity index (χ0n) is 17.1. The summed E-state index contributed by atoms with van der Waals surface area (Å²) < 4.78 is 7.68. The van der Waals surface area contributed by atoms with Crippen molar-refractivity contribution in [1.29, 1.82) is 0 Å². The van der Waals surface area contributed by atoms with Gasteiger partial charge in [0, 0.05) is 34.2 Å². The Labute approximate surface area is 185 Å². The highest BCUT2D eigenvalue weighted by Crippen LogP contribution is 2.22. The van der Waals surface area contributed by atoms with E-state index in [2.05, 4.69) is 33.3 Å². The van der Waals surface area contributed by atoms with Crippen LogP contribution in [0.4, 0.5) is 0 Å². The largest absolute Gasteiger partial charge is 0.484 e. The van der Waals surface area contributed by atoms with Crippen molar-refractivity contribution in [3.8, 4) is 5.75 Å². The van der Waals surface area contributed by atoms with Crippen LogP contribution in [0.3, 0.4) is 0 Å². The average Bonchev–Trinajstić information content (AvgIpc) is 3.13. The molecule has 1 amide bonds. The number of ether oxygens (including phenoxy) is 1. The molecule has 0 bridgehead atoms. The number of carbonyl (C=O) groups excluding carboxylic acids is 1.